The molecule has 0 fully saturated rings. The molecule has 0 aliphatic carbocycles. The lowest BCUT2D eigenvalue weighted by Gasteiger charge is -2.11. The first-order chi connectivity index (χ1) is 12.0. The Morgan fingerprint density at radius 2 is 2.20 bits per heavy atom. The van der Waals surface area contributed by atoms with Crippen LogP contribution in [-0.4, -0.2) is 23.7 Å². The predicted octanol–water partition coefficient (Wildman–Crippen LogP) is 4.54. The molecule has 0 radical (unpaired) electrons. The lowest BCUT2D eigenvalue weighted by Crippen LogP contribution is -2.24. The van der Waals surface area contributed by atoms with Crippen molar-refractivity contribution in [3.05, 3.63) is 56.5 Å². The van der Waals surface area contributed by atoms with Crippen LogP contribution < -0.4 is 10.2 Å². The van der Waals surface area contributed by atoms with Crippen LogP contribution in [-0.2, 0) is 4.79 Å². The number of fused-ring (bicyclic) bond motifs is 1. The Labute approximate surface area is 164 Å². The third-order valence-corrected chi connectivity index (χ3v) is 4.52. The molecule has 0 saturated heterocycles. The van der Waals surface area contributed by atoms with Crippen molar-refractivity contribution in [3.8, 4) is 5.75 Å². The van der Waals surface area contributed by atoms with Crippen LogP contribution in [0, 0.1) is 0 Å². The number of nitrogens with one attached hydrogen (secondary N) is 1. The lowest BCUT2D eigenvalue weighted by atomic mass is 10.2. The van der Waals surface area contributed by atoms with Crippen LogP contribution in [0.5, 0.6) is 5.75 Å². The molecular weight excluding hydrogens is 477 g/mol. The first kappa shape index (κ1) is 17.9. The van der Waals surface area contributed by atoms with Gasteiger partial charge in [-0.3, -0.25) is 9.78 Å². The highest BCUT2D eigenvalue weighted by atomic mass is 79.9. The summed E-state index contributed by atoms with van der Waals surface area (Å²) >= 11 is 12.5. The van der Waals surface area contributed by atoms with Crippen molar-refractivity contribution in [2.45, 2.75) is 0 Å². The Hall–Kier alpha value is -1.90. The quantitative estimate of drug-likeness (QED) is 0.424. The summed E-state index contributed by atoms with van der Waals surface area (Å²) in [4.78, 5) is 16.2. The fourth-order valence-electron chi connectivity index (χ4n) is 2.02. The number of furan rings is 1. The molecule has 1 amide bonds. The summed E-state index contributed by atoms with van der Waals surface area (Å²) in [5, 5.41) is 4.90. The highest BCUT2D eigenvalue weighted by Gasteiger charge is 2.13. The number of benzene rings is 1. The fraction of sp³-hybridized carbons (Fsp3) is 0.0625. The molecule has 0 unspecified atom stereocenters. The summed E-state index contributed by atoms with van der Waals surface area (Å²) < 4.78 is 12.3. The maximum Gasteiger partial charge on any atom is 0.277 e. The van der Waals surface area contributed by atoms with Gasteiger partial charge in [0.05, 0.1) is 10.7 Å². The van der Waals surface area contributed by atoms with Gasteiger partial charge in [0, 0.05) is 16.1 Å². The summed E-state index contributed by atoms with van der Waals surface area (Å²) in [5.41, 5.74) is 2.99. The van der Waals surface area contributed by atoms with Crippen molar-refractivity contribution in [2.24, 2.45) is 5.10 Å². The summed E-state index contributed by atoms with van der Waals surface area (Å²) in [5.74, 6) is 0.487. The molecule has 0 saturated carbocycles. The van der Waals surface area contributed by atoms with Crippen LogP contribution in [0.25, 0.3) is 10.9 Å². The molecule has 6 nitrogen and oxygen atoms in total. The molecule has 0 atom stereocenters. The van der Waals surface area contributed by atoms with Gasteiger partial charge in [-0.25, -0.2) is 5.43 Å². The molecule has 2 heterocycles. The second-order valence-corrected chi connectivity index (χ2v) is 6.87. The van der Waals surface area contributed by atoms with Gasteiger partial charge in [-0.1, -0.05) is 22.0 Å². The number of nitrogens with zero attached hydrogens (tertiary/aromatic N) is 2. The smallest absolute Gasteiger partial charge is 0.277 e. The summed E-state index contributed by atoms with van der Waals surface area (Å²) in [6, 6.07) is 8.79. The van der Waals surface area contributed by atoms with E-state index in [0.29, 0.717) is 21.5 Å². The van der Waals surface area contributed by atoms with Gasteiger partial charge in [-0.2, -0.15) is 5.10 Å². The van der Waals surface area contributed by atoms with Crippen LogP contribution in [0.4, 0.5) is 0 Å². The monoisotopic (exact) mass is 485 g/mol. The third kappa shape index (κ3) is 4.39. The van der Waals surface area contributed by atoms with Gasteiger partial charge in [0.15, 0.2) is 17.6 Å². The number of pyridine rings is 1. The molecule has 3 rings (SSSR count). The van der Waals surface area contributed by atoms with Gasteiger partial charge in [-0.15, -0.1) is 0 Å². The normalized spacial score (nSPS) is 11.2. The molecule has 0 aliphatic rings. The van der Waals surface area contributed by atoms with E-state index in [2.05, 4.69) is 47.4 Å². The predicted molar refractivity (Wildman–Crippen MR) is 102 cm³/mol. The molecule has 25 heavy (non-hydrogen) atoms. The number of rotatable bonds is 5. The lowest BCUT2D eigenvalue weighted by molar-refractivity contribution is -0.123. The second-order valence-electron chi connectivity index (χ2n) is 4.79. The third-order valence-electron chi connectivity index (χ3n) is 3.07. The molecule has 0 spiro atoms. The summed E-state index contributed by atoms with van der Waals surface area (Å²) in [7, 11) is 0. The van der Waals surface area contributed by atoms with Gasteiger partial charge in [-0.05, 0) is 51.8 Å². The number of hydrogen-bond donors (Lipinski definition) is 1. The second kappa shape index (κ2) is 7.99. The molecule has 2 aromatic heterocycles. The Kier molecular flexibility index (Phi) is 5.72. The minimum absolute atomic E-state index is 0.220. The van der Waals surface area contributed by atoms with Crippen molar-refractivity contribution < 1.29 is 13.9 Å². The van der Waals surface area contributed by atoms with Gasteiger partial charge < -0.3 is 9.15 Å². The fourth-order valence-corrected chi connectivity index (χ4v) is 3.56. The number of carbonyl (C=O) groups is 1. The van der Waals surface area contributed by atoms with Gasteiger partial charge in [0.25, 0.3) is 5.91 Å². The molecule has 1 N–H and O–H groups in total. The molecule has 128 valence electrons. The molecule has 9 heteroatoms. The van der Waals surface area contributed by atoms with Gasteiger partial charge >= 0.3 is 0 Å². The summed E-state index contributed by atoms with van der Waals surface area (Å²) in [6.45, 7) is -0.220. The zero-order valence-electron chi connectivity index (χ0n) is 12.5. The number of aromatic nitrogens is 1. The number of hydrazone groups is 1. The van der Waals surface area contributed by atoms with Crippen LogP contribution >= 0.6 is 43.5 Å². The maximum absolute atomic E-state index is 11.9. The zero-order chi connectivity index (χ0) is 17.8. The van der Waals surface area contributed by atoms with E-state index < -0.39 is 5.91 Å². The van der Waals surface area contributed by atoms with E-state index in [9.17, 15) is 4.79 Å². The average molecular weight is 488 g/mol. The largest absolute Gasteiger partial charge is 0.480 e. The van der Waals surface area contributed by atoms with Crippen molar-refractivity contribution in [1.29, 1.82) is 0 Å². The van der Waals surface area contributed by atoms with Gasteiger partial charge in [0.2, 0.25) is 0 Å². The van der Waals surface area contributed by atoms with E-state index in [-0.39, 0.29) is 11.8 Å². The molecule has 0 bridgehead atoms. The van der Waals surface area contributed by atoms with Crippen LogP contribution in [0.15, 0.2) is 55.0 Å². The van der Waals surface area contributed by atoms with E-state index in [4.69, 9.17) is 20.8 Å². The van der Waals surface area contributed by atoms with E-state index >= 15 is 0 Å². The van der Waals surface area contributed by atoms with Gasteiger partial charge in [0.1, 0.15) is 11.3 Å². The number of amides is 1. The Balaban J connectivity index is 1.66. The van der Waals surface area contributed by atoms with Crippen LogP contribution in [0.2, 0.25) is 5.22 Å². The van der Waals surface area contributed by atoms with Crippen molar-refractivity contribution in [2.75, 3.05) is 6.61 Å². The van der Waals surface area contributed by atoms with E-state index in [1.165, 1.54) is 6.21 Å². The topological polar surface area (TPSA) is 76.7 Å². The van der Waals surface area contributed by atoms with Crippen LogP contribution in [0.1, 0.15) is 5.76 Å². The molecule has 0 aliphatic heterocycles. The number of ether oxygens (including phenoxy) is 1. The highest BCUT2D eigenvalue weighted by molar-refractivity contribution is 9.11. The Morgan fingerprint density at radius 1 is 1.36 bits per heavy atom. The average Bonchev–Trinajstić information content (AvgIpc) is 3.00. The molecule has 1 aromatic carbocycles. The molecular formula is C16H10Br2ClN3O3. The number of halogens is 3. The SMILES string of the molecule is O=C(COc1c(Br)cc(Br)c2cccnc12)N/N=C\c1ccc(Cl)o1. The minimum Gasteiger partial charge on any atom is -0.480 e. The molecule has 3 aromatic rings. The summed E-state index contributed by atoms with van der Waals surface area (Å²) in [6.07, 6.45) is 3.00. The number of carbonyl (C=O) groups excluding carboxylic acids is 1. The zero-order valence-corrected chi connectivity index (χ0v) is 16.4. The first-order valence-electron chi connectivity index (χ1n) is 6.97. The Bertz CT molecular complexity index is 959. The van der Waals surface area contributed by atoms with Crippen molar-refractivity contribution >= 4 is 66.5 Å². The van der Waals surface area contributed by atoms with E-state index in [1.807, 2.05) is 18.2 Å². The van der Waals surface area contributed by atoms with Crippen molar-refractivity contribution in [3.63, 3.8) is 0 Å². The van der Waals surface area contributed by atoms with E-state index in [0.717, 1.165) is 9.86 Å². The maximum atomic E-state index is 11.9. The standard InChI is InChI=1S/C16H10Br2ClN3O3/c17-11-6-12(18)16(15-10(11)2-1-5-20-15)24-8-14(23)22-21-7-9-3-4-13(19)25-9/h1-7H,8H2,(H,22,23)/b21-7-. The van der Waals surface area contributed by atoms with Crippen LogP contribution in [0.3, 0.4) is 0 Å². The Morgan fingerprint density at radius 3 is 2.96 bits per heavy atom. The minimum atomic E-state index is -0.423. The van der Waals surface area contributed by atoms with Crippen molar-refractivity contribution in [1.82, 2.24) is 10.4 Å². The number of hydrogen-bond acceptors (Lipinski definition) is 5. The van der Waals surface area contributed by atoms with E-state index in [1.54, 1.807) is 18.3 Å². The highest BCUT2D eigenvalue weighted by Crippen LogP contribution is 2.37. The first-order valence-corrected chi connectivity index (χ1v) is 8.94.